The fraction of sp³-hybridized carbons (Fsp3) is 0.867. The SMILES string of the molecule is CN(CC(=O)N1CCC(C(=O)O)CC1)CC1CCCCO1. The van der Waals surface area contributed by atoms with Crippen molar-refractivity contribution in [2.24, 2.45) is 5.92 Å². The largest absolute Gasteiger partial charge is 0.481 e. The minimum absolute atomic E-state index is 0.0946. The summed E-state index contributed by atoms with van der Waals surface area (Å²) in [5.74, 6) is -0.937. The van der Waals surface area contributed by atoms with Crippen molar-refractivity contribution in [2.75, 3.05) is 39.8 Å². The summed E-state index contributed by atoms with van der Waals surface area (Å²) in [6.45, 7) is 3.12. The molecule has 1 unspecified atom stereocenters. The van der Waals surface area contributed by atoms with Gasteiger partial charge in [0.2, 0.25) is 5.91 Å². The number of rotatable bonds is 5. The molecule has 21 heavy (non-hydrogen) atoms. The van der Waals surface area contributed by atoms with Gasteiger partial charge < -0.3 is 14.7 Å². The number of piperidine rings is 1. The summed E-state index contributed by atoms with van der Waals surface area (Å²) in [6, 6.07) is 0. The van der Waals surface area contributed by atoms with Gasteiger partial charge in [-0.05, 0) is 39.2 Å². The molecule has 0 saturated carbocycles. The summed E-state index contributed by atoms with van der Waals surface area (Å²) in [4.78, 5) is 26.9. The average Bonchev–Trinajstić information content (AvgIpc) is 2.48. The molecule has 0 aromatic rings. The second-order valence-electron chi connectivity index (χ2n) is 6.18. The van der Waals surface area contributed by atoms with E-state index in [4.69, 9.17) is 9.84 Å². The lowest BCUT2D eigenvalue weighted by atomic mass is 9.97. The number of likely N-dealkylation sites (tertiary alicyclic amines) is 1. The van der Waals surface area contributed by atoms with Gasteiger partial charge in [-0.25, -0.2) is 0 Å². The summed E-state index contributed by atoms with van der Waals surface area (Å²) >= 11 is 0. The van der Waals surface area contributed by atoms with E-state index >= 15 is 0 Å². The highest BCUT2D eigenvalue weighted by atomic mass is 16.5. The van der Waals surface area contributed by atoms with Crippen molar-refractivity contribution in [3.8, 4) is 0 Å². The second kappa shape index (κ2) is 7.75. The van der Waals surface area contributed by atoms with Gasteiger partial charge >= 0.3 is 5.97 Å². The van der Waals surface area contributed by atoms with Crippen LogP contribution in [0.2, 0.25) is 0 Å². The Morgan fingerprint density at radius 3 is 2.52 bits per heavy atom. The van der Waals surface area contributed by atoms with E-state index in [9.17, 15) is 9.59 Å². The Bertz CT molecular complexity index is 361. The maximum Gasteiger partial charge on any atom is 0.306 e. The lowest BCUT2D eigenvalue weighted by Gasteiger charge is -2.32. The second-order valence-corrected chi connectivity index (χ2v) is 6.18. The van der Waals surface area contributed by atoms with Crippen LogP contribution in [0.25, 0.3) is 0 Å². The Balaban J connectivity index is 1.70. The molecule has 1 N–H and O–H groups in total. The van der Waals surface area contributed by atoms with Crippen molar-refractivity contribution in [1.82, 2.24) is 9.80 Å². The van der Waals surface area contributed by atoms with Crippen LogP contribution in [0.4, 0.5) is 0 Å². The topological polar surface area (TPSA) is 70.1 Å². The van der Waals surface area contributed by atoms with Crippen molar-refractivity contribution in [3.05, 3.63) is 0 Å². The molecule has 2 heterocycles. The van der Waals surface area contributed by atoms with Crippen LogP contribution < -0.4 is 0 Å². The number of likely N-dealkylation sites (N-methyl/N-ethyl adjacent to an activating group) is 1. The Labute approximate surface area is 126 Å². The number of carboxylic acids is 1. The summed E-state index contributed by atoms with van der Waals surface area (Å²) in [6.07, 6.45) is 4.79. The molecular weight excluding hydrogens is 272 g/mol. The smallest absolute Gasteiger partial charge is 0.306 e. The molecule has 2 saturated heterocycles. The number of hydrogen-bond acceptors (Lipinski definition) is 4. The average molecular weight is 298 g/mol. The number of amides is 1. The van der Waals surface area contributed by atoms with Crippen LogP contribution in [0, 0.1) is 5.92 Å². The summed E-state index contributed by atoms with van der Waals surface area (Å²) < 4.78 is 5.68. The molecule has 2 rings (SSSR count). The Morgan fingerprint density at radius 2 is 1.95 bits per heavy atom. The quantitative estimate of drug-likeness (QED) is 0.813. The van der Waals surface area contributed by atoms with Gasteiger partial charge in [0.1, 0.15) is 0 Å². The van der Waals surface area contributed by atoms with E-state index in [1.165, 1.54) is 6.42 Å². The zero-order valence-electron chi connectivity index (χ0n) is 12.8. The standard InChI is InChI=1S/C15H26N2O4/c1-16(10-13-4-2-3-9-21-13)11-14(18)17-7-5-12(6-8-17)15(19)20/h12-13H,2-11H2,1H3,(H,19,20). The predicted octanol–water partition coefficient (Wildman–Crippen LogP) is 0.810. The summed E-state index contributed by atoms with van der Waals surface area (Å²) in [7, 11) is 1.94. The molecule has 1 amide bonds. The molecule has 2 fully saturated rings. The molecule has 0 spiro atoms. The Kier molecular flexibility index (Phi) is 5.99. The van der Waals surface area contributed by atoms with Crippen LogP contribution >= 0.6 is 0 Å². The number of carbonyl (C=O) groups is 2. The molecule has 1 atom stereocenters. The van der Waals surface area contributed by atoms with Crippen molar-refractivity contribution in [2.45, 2.75) is 38.2 Å². The highest BCUT2D eigenvalue weighted by molar-refractivity contribution is 5.78. The van der Waals surface area contributed by atoms with Gasteiger partial charge in [0.25, 0.3) is 0 Å². The molecule has 0 aromatic carbocycles. The van der Waals surface area contributed by atoms with E-state index in [0.717, 1.165) is 26.0 Å². The lowest BCUT2D eigenvalue weighted by Crippen LogP contribution is -2.45. The molecule has 0 bridgehead atoms. The zero-order chi connectivity index (χ0) is 15.2. The third-order valence-corrected chi connectivity index (χ3v) is 4.39. The van der Waals surface area contributed by atoms with E-state index in [1.54, 1.807) is 4.90 Å². The van der Waals surface area contributed by atoms with E-state index in [0.29, 0.717) is 32.5 Å². The molecule has 0 aliphatic carbocycles. The number of hydrogen-bond donors (Lipinski definition) is 1. The summed E-state index contributed by atoms with van der Waals surface area (Å²) in [5, 5.41) is 8.97. The Morgan fingerprint density at radius 1 is 1.24 bits per heavy atom. The van der Waals surface area contributed by atoms with E-state index in [2.05, 4.69) is 0 Å². The molecule has 6 heteroatoms. The van der Waals surface area contributed by atoms with Gasteiger partial charge in [-0.15, -0.1) is 0 Å². The van der Waals surface area contributed by atoms with Gasteiger partial charge in [-0.1, -0.05) is 0 Å². The van der Waals surface area contributed by atoms with Crippen LogP contribution in [0.3, 0.4) is 0 Å². The predicted molar refractivity (Wildman–Crippen MR) is 78.0 cm³/mol. The van der Waals surface area contributed by atoms with Crippen molar-refractivity contribution < 1.29 is 19.4 Å². The number of aliphatic carboxylic acids is 1. The van der Waals surface area contributed by atoms with Crippen LogP contribution in [0.15, 0.2) is 0 Å². The third-order valence-electron chi connectivity index (χ3n) is 4.39. The molecule has 0 radical (unpaired) electrons. The van der Waals surface area contributed by atoms with Crippen LogP contribution in [0.5, 0.6) is 0 Å². The third kappa shape index (κ3) is 4.97. The number of ether oxygens (including phenoxy) is 1. The molecule has 2 aliphatic rings. The summed E-state index contributed by atoms with van der Waals surface area (Å²) in [5.41, 5.74) is 0. The highest BCUT2D eigenvalue weighted by Gasteiger charge is 2.27. The normalized spacial score (nSPS) is 24.3. The first-order valence-corrected chi connectivity index (χ1v) is 7.87. The lowest BCUT2D eigenvalue weighted by molar-refractivity contribution is -0.146. The van der Waals surface area contributed by atoms with Gasteiger partial charge in [0.15, 0.2) is 0 Å². The zero-order valence-corrected chi connectivity index (χ0v) is 12.8. The van der Waals surface area contributed by atoms with E-state index in [1.807, 2.05) is 11.9 Å². The van der Waals surface area contributed by atoms with Gasteiger partial charge in [-0.3, -0.25) is 14.5 Å². The molecule has 120 valence electrons. The minimum Gasteiger partial charge on any atom is -0.481 e. The van der Waals surface area contributed by atoms with Crippen molar-refractivity contribution in [3.63, 3.8) is 0 Å². The van der Waals surface area contributed by atoms with E-state index in [-0.39, 0.29) is 17.9 Å². The minimum atomic E-state index is -0.742. The van der Waals surface area contributed by atoms with Crippen molar-refractivity contribution in [1.29, 1.82) is 0 Å². The first kappa shape index (κ1) is 16.2. The highest BCUT2D eigenvalue weighted by Crippen LogP contribution is 2.18. The number of carboxylic acid groups (broad SMARTS) is 1. The monoisotopic (exact) mass is 298 g/mol. The number of carbonyl (C=O) groups excluding carboxylic acids is 1. The van der Waals surface area contributed by atoms with Gasteiger partial charge in [0.05, 0.1) is 18.6 Å². The fourth-order valence-electron chi connectivity index (χ4n) is 3.07. The number of nitrogens with zero attached hydrogens (tertiary/aromatic N) is 2. The first-order valence-electron chi connectivity index (χ1n) is 7.87. The molecule has 0 aromatic heterocycles. The van der Waals surface area contributed by atoms with Gasteiger partial charge in [-0.2, -0.15) is 0 Å². The maximum atomic E-state index is 12.2. The van der Waals surface area contributed by atoms with Crippen LogP contribution in [0.1, 0.15) is 32.1 Å². The van der Waals surface area contributed by atoms with E-state index < -0.39 is 5.97 Å². The molecular formula is C15H26N2O4. The fourth-order valence-corrected chi connectivity index (χ4v) is 3.07. The Hall–Kier alpha value is -1.14. The molecule has 2 aliphatic heterocycles. The van der Waals surface area contributed by atoms with Crippen LogP contribution in [-0.4, -0.2) is 72.7 Å². The van der Waals surface area contributed by atoms with Crippen LogP contribution in [-0.2, 0) is 14.3 Å². The van der Waals surface area contributed by atoms with Gasteiger partial charge in [0, 0.05) is 26.2 Å². The maximum absolute atomic E-state index is 12.2. The molecule has 6 nitrogen and oxygen atoms in total. The van der Waals surface area contributed by atoms with Crippen molar-refractivity contribution >= 4 is 11.9 Å². The first-order chi connectivity index (χ1) is 10.1.